The molecule has 4 nitrogen and oxygen atoms in total. The maximum absolute atomic E-state index is 11.4. The summed E-state index contributed by atoms with van der Waals surface area (Å²) in [5.74, 6) is -0.745. The van der Waals surface area contributed by atoms with Crippen LogP contribution in [0.4, 0.5) is 0 Å². The van der Waals surface area contributed by atoms with Gasteiger partial charge < -0.3 is 9.64 Å². The van der Waals surface area contributed by atoms with Crippen LogP contribution in [0.5, 0.6) is 0 Å². The summed E-state index contributed by atoms with van der Waals surface area (Å²) >= 11 is 0. The molecular formula is C10H17NO3. The van der Waals surface area contributed by atoms with E-state index in [0.29, 0.717) is 6.42 Å². The second-order valence-corrected chi connectivity index (χ2v) is 3.00. The van der Waals surface area contributed by atoms with Gasteiger partial charge in [-0.1, -0.05) is 6.92 Å². The van der Waals surface area contributed by atoms with Gasteiger partial charge in [0.05, 0.1) is 6.61 Å². The van der Waals surface area contributed by atoms with Crippen LogP contribution in [0.25, 0.3) is 0 Å². The number of ketones is 1. The van der Waals surface area contributed by atoms with Gasteiger partial charge in [0.2, 0.25) is 0 Å². The van der Waals surface area contributed by atoms with E-state index in [0.717, 1.165) is 0 Å². The quantitative estimate of drug-likeness (QED) is 0.286. The molecule has 0 bridgehead atoms. The van der Waals surface area contributed by atoms with E-state index in [1.165, 1.54) is 6.20 Å². The lowest BCUT2D eigenvalue weighted by Crippen LogP contribution is -2.18. The third kappa shape index (κ3) is 4.07. The Balaban J connectivity index is 4.72. The first-order valence-corrected chi connectivity index (χ1v) is 4.61. The predicted octanol–water partition coefficient (Wildman–Crippen LogP) is 0.974. The summed E-state index contributed by atoms with van der Waals surface area (Å²) in [4.78, 5) is 24.4. The molecule has 0 rings (SSSR count). The van der Waals surface area contributed by atoms with Crippen molar-refractivity contribution in [3.05, 3.63) is 11.8 Å². The second kappa shape index (κ2) is 6.18. The summed E-state index contributed by atoms with van der Waals surface area (Å²) < 4.78 is 4.77. The van der Waals surface area contributed by atoms with Crippen molar-refractivity contribution >= 4 is 11.8 Å². The zero-order valence-electron chi connectivity index (χ0n) is 9.16. The van der Waals surface area contributed by atoms with Crippen molar-refractivity contribution in [3.63, 3.8) is 0 Å². The zero-order valence-corrected chi connectivity index (χ0v) is 9.16. The molecule has 0 atom stereocenters. The van der Waals surface area contributed by atoms with Crippen molar-refractivity contribution in [1.82, 2.24) is 4.90 Å². The van der Waals surface area contributed by atoms with Crippen LogP contribution in [0.2, 0.25) is 0 Å². The highest BCUT2D eigenvalue weighted by Gasteiger charge is 2.17. The predicted molar refractivity (Wildman–Crippen MR) is 53.7 cm³/mol. The molecule has 0 N–H and O–H groups in total. The average Bonchev–Trinajstić information content (AvgIpc) is 2.13. The number of Topliss-reactive ketones (excluding diaryl/α,β-unsaturated/α-hetero) is 1. The summed E-state index contributed by atoms with van der Waals surface area (Å²) in [6, 6.07) is 0. The molecule has 0 amide bonds. The lowest BCUT2D eigenvalue weighted by molar-refractivity contribution is -0.140. The van der Waals surface area contributed by atoms with E-state index in [9.17, 15) is 9.59 Å². The monoisotopic (exact) mass is 199 g/mol. The van der Waals surface area contributed by atoms with Gasteiger partial charge in [-0.3, -0.25) is 4.79 Å². The minimum absolute atomic E-state index is 0.111. The summed E-state index contributed by atoms with van der Waals surface area (Å²) in [6.07, 6.45) is 1.79. The van der Waals surface area contributed by atoms with E-state index in [4.69, 9.17) is 4.74 Å². The molecule has 80 valence electrons. The summed E-state index contributed by atoms with van der Waals surface area (Å²) in [5, 5.41) is 0. The Kier molecular flexibility index (Phi) is 5.60. The number of esters is 1. The Morgan fingerprint density at radius 2 is 1.86 bits per heavy atom. The fourth-order valence-electron chi connectivity index (χ4n) is 0.896. The third-order valence-corrected chi connectivity index (χ3v) is 1.50. The van der Waals surface area contributed by atoms with Crippen LogP contribution in [0, 0.1) is 0 Å². The molecular weight excluding hydrogens is 182 g/mol. The molecule has 0 fully saturated rings. The number of carbonyl (C=O) groups excluding carboxylic acids is 2. The summed E-state index contributed by atoms with van der Waals surface area (Å²) in [6.45, 7) is 3.70. The van der Waals surface area contributed by atoms with Crippen molar-refractivity contribution in [3.8, 4) is 0 Å². The highest BCUT2D eigenvalue weighted by Crippen LogP contribution is 2.04. The molecule has 4 heteroatoms. The van der Waals surface area contributed by atoms with Gasteiger partial charge in [0, 0.05) is 26.7 Å². The van der Waals surface area contributed by atoms with Gasteiger partial charge >= 0.3 is 5.97 Å². The number of nitrogens with zero attached hydrogens (tertiary/aromatic N) is 1. The van der Waals surface area contributed by atoms with E-state index in [1.54, 1.807) is 32.8 Å². The molecule has 0 aromatic heterocycles. The third-order valence-electron chi connectivity index (χ3n) is 1.50. The number of carbonyl (C=O) groups is 2. The van der Waals surface area contributed by atoms with Crippen LogP contribution in [0.3, 0.4) is 0 Å². The highest BCUT2D eigenvalue weighted by atomic mass is 16.5. The molecule has 0 unspecified atom stereocenters. The Morgan fingerprint density at radius 3 is 2.21 bits per heavy atom. The van der Waals surface area contributed by atoms with E-state index < -0.39 is 5.97 Å². The van der Waals surface area contributed by atoms with E-state index in [1.807, 2.05) is 0 Å². The minimum atomic E-state index is -0.548. The van der Waals surface area contributed by atoms with Gasteiger partial charge in [-0.25, -0.2) is 4.79 Å². The van der Waals surface area contributed by atoms with Gasteiger partial charge in [-0.15, -0.1) is 0 Å². The molecule has 0 spiro atoms. The van der Waals surface area contributed by atoms with Crippen LogP contribution in [0.15, 0.2) is 11.8 Å². The summed E-state index contributed by atoms with van der Waals surface area (Å²) in [7, 11) is 3.50. The first kappa shape index (κ1) is 12.7. The molecule has 0 aliphatic heterocycles. The highest BCUT2D eigenvalue weighted by molar-refractivity contribution is 6.17. The van der Waals surface area contributed by atoms with Gasteiger partial charge in [-0.2, -0.15) is 0 Å². The Hall–Kier alpha value is -1.32. The zero-order chi connectivity index (χ0) is 11.1. The van der Waals surface area contributed by atoms with Crippen molar-refractivity contribution in [2.24, 2.45) is 0 Å². The van der Waals surface area contributed by atoms with Crippen molar-refractivity contribution in [2.75, 3.05) is 20.7 Å². The van der Waals surface area contributed by atoms with Crippen molar-refractivity contribution < 1.29 is 14.3 Å². The number of rotatable bonds is 5. The molecule has 14 heavy (non-hydrogen) atoms. The number of hydrogen-bond donors (Lipinski definition) is 0. The molecule has 0 aliphatic rings. The van der Waals surface area contributed by atoms with Crippen LogP contribution < -0.4 is 0 Å². The number of hydrogen-bond acceptors (Lipinski definition) is 4. The maximum atomic E-state index is 11.4. The van der Waals surface area contributed by atoms with Gasteiger partial charge in [0.1, 0.15) is 5.57 Å². The van der Waals surface area contributed by atoms with E-state index in [-0.39, 0.29) is 18.0 Å². The molecule has 0 saturated heterocycles. The van der Waals surface area contributed by atoms with Crippen LogP contribution in [0.1, 0.15) is 20.3 Å². The Bertz CT molecular complexity index is 244. The first-order valence-electron chi connectivity index (χ1n) is 4.61. The SMILES string of the molecule is CCOC(=O)/C(=C/N(C)C)C(=O)CC. The average molecular weight is 199 g/mol. The summed E-state index contributed by atoms with van der Waals surface area (Å²) in [5.41, 5.74) is 0.111. The molecule has 0 aliphatic carbocycles. The van der Waals surface area contributed by atoms with E-state index >= 15 is 0 Å². The fourth-order valence-corrected chi connectivity index (χ4v) is 0.896. The Labute approximate surface area is 84.5 Å². The first-order chi connectivity index (χ1) is 6.52. The van der Waals surface area contributed by atoms with Crippen LogP contribution in [-0.4, -0.2) is 37.4 Å². The number of ether oxygens (including phenoxy) is 1. The maximum Gasteiger partial charge on any atom is 0.343 e. The standard InChI is InChI=1S/C10H17NO3/c1-5-9(12)8(7-11(3)4)10(13)14-6-2/h7H,5-6H2,1-4H3/b8-7+. The van der Waals surface area contributed by atoms with Crippen LogP contribution >= 0.6 is 0 Å². The van der Waals surface area contributed by atoms with Gasteiger partial charge in [0.15, 0.2) is 5.78 Å². The molecule has 0 radical (unpaired) electrons. The lowest BCUT2D eigenvalue weighted by atomic mass is 10.1. The van der Waals surface area contributed by atoms with Crippen molar-refractivity contribution in [2.45, 2.75) is 20.3 Å². The Morgan fingerprint density at radius 1 is 1.29 bits per heavy atom. The molecule has 0 heterocycles. The van der Waals surface area contributed by atoms with Crippen LogP contribution in [-0.2, 0) is 14.3 Å². The van der Waals surface area contributed by atoms with Gasteiger partial charge in [0.25, 0.3) is 0 Å². The normalized spacial score (nSPS) is 11.0. The van der Waals surface area contributed by atoms with E-state index in [2.05, 4.69) is 0 Å². The fraction of sp³-hybridized carbons (Fsp3) is 0.600. The molecule has 0 saturated carbocycles. The smallest absolute Gasteiger partial charge is 0.343 e. The minimum Gasteiger partial charge on any atom is -0.462 e. The second-order valence-electron chi connectivity index (χ2n) is 3.00. The molecule has 0 aromatic carbocycles. The lowest BCUT2D eigenvalue weighted by Gasteiger charge is -2.09. The van der Waals surface area contributed by atoms with Crippen molar-refractivity contribution in [1.29, 1.82) is 0 Å². The largest absolute Gasteiger partial charge is 0.462 e. The topological polar surface area (TPSA) is 46.6 Å². The van der Waals surface area contributed by atoms with Gasteiger partial charge in [-0.05, 0) is 6.92 Å². The molecule has 0 aromatic rings.